The van der Waals surface area contributed by atoms with Crippen LogP contribution in [0.3, 0.4) is 0 Å². The van der Waals surface area contributed by atoms with Crippen LogP contribution in [0, 0.1) is 0 Å². The summed E-state index contributed by atoms with van der Waals surface area (Å²) in [7, 11) is 0. The van der Waals surface area contributed by atoms with Crippen molar-refractivity contribution in [1.82, 2.24) is 9.13 Å². The Kier molecular flexibility index (Phi) is 3.04. The van der Waals surface area contributed by atoms with Crippen LogP contribution in [-0.4, -0.2) is 9.13 Å². The van der Waals surface area contributed by atoms with Gasteiger partial charge in [0.1, 0.15) is 0 Å². The molecule has 3 nitrogen and oxygen atoms in total. The minimum absolute atomic E-state index is 0.0847. The first-order valence-corrected chi connectivity index (χ1v) is 7.45. The van der Waals surface area contributed by atoms with Crippen LogP contribution in [0.1, 0.15) is 0 Å². The Bertz CT molecular complexity index is 997. The molecule has 108 valence electrons. The van der Waals surface area contributed by atoms with E-state index >= 15 is 0 Å². The largest absolute Gasteiger partial charge is 0.352 e. The van der Waals surface area contributed by atoms with Gasteiger partial charge in [-0.15, -0.1) is 0 Å². The molecule has 0 atom stereocenters. The summed E-state index contributed by atoms with van der Waals surface area (Å²) in [5.41, 5.74) is 1.08. The zero-order chi connectivity index (χ0) is 14.9. The Morgan fingerprint density at radius 2 is 1.32 bits per heavy atom. The number of para-hydroxylation sites is 1. The number of hydrogen-bond donors (Lipinski definition) is 0. The molecule has 0 fully saturated rings. The van der Waals surface area contributed by atoms with Crippen LogP contribution < -0.4 is 5.56 Å². The van der Waals surface area contributed by atoms with E-state index in [1.54, 1.807) is 0 Å². The summed E-state index contributed by atoms with van der Waals surface area (Å²) in [6, 6.07) is 20.0. The van der Waals surface area contributed by atoms with Gasteiger partial charge in [-0.05, 0) is 29.7 Å². The first-order valence-electron chi connectivity index (χ1n) is 7.45. The first-order chi connectivity index (χ1) is 10.8. The Labute approximate surface area is 128 Å². The van der Waals surface area contributed by atoms with Gasteiger partial charge in [-0.3, -0.25) is 4.79 Å². The molecule has 0 aliphatic heterocycles. The average Bonchev–Trinajstić information content (AvgIpc) is 3.08. The lowest BCUT2D eigenvalue weighted by Crippen LogP contribution is -2.23. The fourth-order valence-electron chi connectivity index (χ4n) is 3.05. The summed E-state index contributed by atoms with van der Waals surface area (Å²) in [4.78, 5) is 12.9. The molecule has 0 unspecified atom stereocenters. The molecule has 4 aromatic rings. The summed E-state index contributed by atoms with van der Waals surface area (Å²) in [6.45, 7) is 1.45. The molecular weight excluding hydrogens is 272 g/mol. The Balaban J connectivity index is 1.95. The lowest BCUT2D eigenvalue weighted by molar-refractivity contribution is 0.583. The van der Waals surface area contributed by atoms with Gasteiger partial charge in [0.2, 0.25) is 0 Å². The molecule has 3 heteroatoms. The molecule has 4 rings (SSSR count). The van der Waals surface area contributed by atoms with Crippen LogP contribution in [0.2, 0.25) is 0 Å². The molecule has 0 radical (unpaired) electrons. The number of hydrogen-bond acceptors (Lipinski definition) is 1. The molecular formula is C19H16N2O. The zero-order valence-electron chi connectivity index (χ0n) is 12.1. The lowest BCUT2D eigenvalue weighted by atomic mass is 10.1. The second kappa shape index (κ2) is 5.19. The third-order valence-corrected chi connectivity index (χ3v) is 4.14. The monoisotopic (exact) mass is 288 g/mol. The van der Waals surface area contributed by atoms with Gasteiger partial charge >= 0.3 is 0 Å². The molecule has 0 aliphatic rings. The van der Waals surface area contributed by atoms with Gasteiger partial charge in [0.25, 0.3) is 5.56 Å². The molecule has 2 aromatic carbocycles. The third-order valence-electron chi connectivity index (χ3n) is 4.14. The number of benzene rings is 2. The van der Waals surface area contributed by atoms with Gasteiger partial charge in [-0.2, -0.15) is 0 Å². The fraction of sp³-hybridized carbons (Fsp3) is 0.105. The highest BCUT2D eigenvalue weighted by Crippen LogP contribution is 2.22. The molecule has 0 N–H and O–H groups in total. The maximum absolute atomic E-state index is 12.9. The van der Waals surface area contributed by atoms with E-state index in [-0.39, 0.29) is 5.56 Å². The third kappa shape index (κ3) is 2.02. The summed E-state index contributed by atoms with van der Waals surface area (Å²) < 4.78 is 3.98. The van der Waals surface area contributed by atoms with Crippen molar-refractivity contribution in [3.63, 3.8) is 0 Å². The molecule has 22 heavy (non-hydrogen) atoms. The predicted molar refractivity (Wildman–Crippen MR) is 90.1 cm³/mol. The van der Waals surface area contributed by atoms with Crippen molar-refractivity contribution in [2.45, 2.75) is 13.1 Å². The van der Waals surface area contributed by atoms with Crippen molar-refractivity contribution in [1.29, 1.82) is 0 Å². The normalized spacial score (nSPS) is 11.3. The highest BCUT2D eigenvalue weighted by molar-refractivity contribution is 6.05. The van der Waals surface area contributed by atoms with Crippen molar-refractivity contribution in [3.05, 3.63) is 83.4 Å². The molecule has 0 amide bonds. The number of aromatic nitrogens is 2. The van der Waals surface area contributed by atoms with Gasteiger partial charge < -0.3 is 9.13 Å². The average molecular weight is 288 g/mol. The van der Waals surface area contributed by atoms with Crippen molar-refractivity contribution in [3.8, 4) is 0 Å². The minimum Gasteiger partial charge on any atom is -0.352 e. The summed E-state index contributed by atoms with van der Waals surface area (Å²) >= 11 is 0. The van der Waals surface area contributed by atoms with Crippen molar-refractivity contribution in [2.75, 3.05) is 0 Å². The van der Waals surface area contributed by atoms with Crippen LogP contribution in [0.5, 0.6) is 0 Å². The zero-order valence-corrected chi connectivity index (χ0v) is 12.1. The second-order valence-corrected chi connectivity index (χ2v) is 5.44. The van der Waals surface area contributed by atoms with E-state index in [0.29, 0.717) is 6.54 Å². The standard InChI is InChI=1S/C19H16N2O/c22-19-17-9-2-1-7-15(17)16-8-3-4-10-18(16)21(19)14-13-20-11-5-6-12-20/h1-12H,13-14H2. The van der Waals surface area contributed by atoms with E-state index in [0.717, 1.165) is 28.2 Å². The summed E-state index contributed by atoms with van der Waals surface area (Å²) in [5, 5.41) is 2.94. The van der Waals surface area contributed by atoms with Gasteiger partial charge in [0.05, 0.1) is 5.52 Å². The first kappa shape index (κ1) is 12.9. The molecule has 2 aromatic heterocycles. The molecule has 0 spiro atoms. The summed E-state index contributed by atoms with van der Waals surface area (Å²) in [5.74, 6) is 0. The van der Waals surface area contributed by atoms with Crippen LogP contribution in [-0.2, 0) is 13.1 Å². The van der Waals surface area contributed by atoms with Gasteiger partial charge in [-0.25, -0.2) is 0 Å². The van der Waals surface area contributed by atoms with Crippen LogP contribution >= 0.6 is 0 Å². The second-order valence-electron chi connectivity index (χ2n) is 5.44. The quantitative estimate of drug-likeness (QED) is 0.529. The van der Waals surface area contributed by atoms with Crippen molar-refractivity contribution < 1.29 is 0 Å². The number of pyridine rings is 1. The Morgan fingerprint density at radius 1 is 0.682 bits per heavy atom. The van der Waals surface area contributed by atoms with E-state index < -0.39 is 0 Å². The van der Waals surface area contributed by atoms with Crippen molar-refractivity contribution in [2.24, 2.45) is 0 Å². The lowest BCUT2D eigenvalue weighted by Gasteiger charge is -2.13. The maximum Gasteiger partial charge on any atom is 0.258 e. The van der Waals surface area contributed by atoms with E-state index in [1.807, 2.05) is 71.6 Å². The minimum atomic E-state index is 0.0847. The Hall–Kier alpha value is -2.81. The Morgan fingerprint density at radius 3 is 2.09 bits per heavy atom. The van der Waals surface area contributed by atoms with E-state index in [4.69, 9.17) is 0 Å². The van der Waals surface area contributed by atoms with E-state index in [9.17, 15) is 4.79 Å². The smallest absolute Gasteiger partial charge is 0.258 e. The number of nitrogens with zero attached hydrogens (tertiary/aromatic N) is 2. The molecule has 0 aliphatic carbocycles. The molecule has 0 bridgehead atoms. The van der Waals surface area contributed by atoms with Gasteiger partial charge in [0.15, 0.2) is 0 Å². The van der Waals surface area contributed by atoms with E-state index in [2.05, 4.69) is 10.6 Å². The van der Waals surface area contributed by atoms with Crippen LogP contribution in [0.25, 0.3) is 21.7 Å². The SMILES string of the molecule is O=c1c2ccccc2c2ccccc2n1CCn1cccc1. The fourth-order valence-corrected chi connectivity index (χ4v) is 3.05. The molecule has 0 saturated heterocycles. The predicted octanol–water partition coefficient (Wildman–Crippen LogP) is 3.66. The molecule has 2 heterocycles. The van der Waals surface area contributed by atoms with Gasteiger partial charge in [0, 0.05) is 36.3 Å². The van der Waals surface area contributed by atoms with E-state index in [1.165, 1.54) is 0 Å². The number of aryl methyl sites for hydroxylation is 2. The highest BCUT2D eigenvalue weighted by atomic mass is 16.1. The van der Waals surface area contributed by atoms with Gasteiger partial charge in [-0.1, -0.05) is 36.4 Å². The van der Waals surface area contributed by atoms with Crippen LogP contribution in [0.15, 0.2) is 77.9 Å². The summed E-state index contributed by atoms with van der Waals surface area (Å²) in [6.07, 6.45) is 4.04. The maximum atomic E-state index is 12.9. The highest BCUT2D eigenvalue weighted by Gasteiger charge is 2.09. The van der Waals surface area contributed by atoms with Crippen LogP contribution in [0.4, 0.5) is 0 Å². The molecule has 0 saturated carbocycles. The topological polar surface area (TPSA) is 26.9 Å². The number of rotatable bonds is 3. The number of fused-ring (bicyclic) bond motifs is 3. The van der Waals surface area contributed by atoms with Crippen molar-refractivity contribution >= 4 is 21.7 Å².